The number of rotatable bonds is 8. The fourth-order valence-corrected chi connectivity index (χ4v) is 4.80. The molecule has 0 saturated carbocycles. The summed E-state index contributed by atoms with van der Waals surface area (Å²) in [6, 6.07) is 2.78. The van der Waals surface area contributed by atoms with E-state index in [0.717, 1.165) is 23.7 Å². The summed E-state index contributed by atoms with van der Waals surface area (Å²) in [5.41, 5.74) is 0.781. The van der Waals surface area contributed by atoms with Crippen LogP contribution in [0.25, 0.3) is 0 Å². The van der Waals surface area contributed by atoms with Crippen LogP contribution in [0.5, 0.6) is 0 Å². The zero-order chi connectivity index (χ0) is 27.4. The Hall–Kier alpha value is -3.27. The van der Waals surface area contributed by atoms with Crippen molar-refractivity contribution in [2.24, 2.45) is 0 Å². The number of amides is 1. The number of aryl methyl sites for hydroxylation is 1. The number of piperidine rings is 1. The maximum atomic E-state index is 13.5. The molecule has 1 unspecified atom stereocenters. The largest absolute Gasteiger partial charge is 0.401 e. The van der Waals surface area contributed by atoms with E-state index in [9.17, 15) is 31.9 Å². The third-order valence-electron chi connectivity index (χ3n) is 5.83. The highest BCUT2D eigenvalue weighted by Crippen LogP contribution is 2.29. The Morgan fingerprint density at radius 3 is 2.63 bits per heavy atom. The second-order valence-corrected chi connectivity index (χ2v) is 9.52. The van der Waals surface area contributed by atoms with Crippen molar-refractivity contribution in [2.45, 2.75) is 38.2 Å². The molecule has 1 amide bonds. The molecule has 0 aliphatic carbocycles. The number of anilines is 3. The lowest BCUT2D eigenvalue weighted by Gasteiger charge is -2.33. The molecule has 2 aromatic heterocycles. The van der Waals surface area contributed by atoms with Crippen LogP contribution in [0.15, 0.2) is 30.6 Å². The van der Waals surface area contributed by atoms with Crippen molar-refractivity contribution in [1.29, 1.82) is 0 Å². The molecule has 1 saturated heterocycles. The van der Waals surface area contributed by atoms with Gasteiger partial charge >= 0.3 is 6.18 Å². The average molecular weight is 558 g/mol. The number of hydrogen-bond donors (Lipinski definition) is 4. The van der Waals surface area contributed by atoms with Crippen molar-refractivity contribution in [1.82, 2.24) is 24.6 Å². The van der Waals surface area contributed by atoms with E-state index >= 15 is 0 Å². The Labute approximate surface area is 218 Å². The zero-order valence-electron chi connectivity index (χ0n) is 20.0. The van der Waals surface area contributed by atoms with Crippen LogP contribution in [0, 0.1) is 18.6 Å². The lowest BCUT2D eigenvalue weighted by molar-refractivity contribution is -0.148. The normalized spacial score (nSPS) is 15.9. The molecule has 4 rings (SSSR count). The van der Waals surface area contributed by atoms with Gasteiger partial charge in [-0.3, -0.25) is 20.0 Å². The molecular weight excluding hydrogens is 533 g/mol. The predicted octanol–water partition coefficient (Wildman–Crippen LogP) is 4.12. The molecule has 4 N–H and O–H groups in total. The number of aromatic nitrogens is 3. The molecule has 1 aliphatic rings. The van der Waals surface area contributed by atoms with Gasteiger partial charge in [0.2, 0.25) is 0 Å². The number of halogens is 5. The smallest absolute Gasteiger partial charge is 0.373 e. The molecule has 0 bridgehead atoms. The fraction of sp³-hybridized carbons (Fsp3) is 0.391. The Morgan fingerprint density at radius 2 is 1.95 bits per heavy atom. The van der Waals surface area contributed by atoms with Crippen LogP contribution < -0.4 is 16.0 Å². The fourth-order valence-electron chi connectivity index (χ4n) is 4.00. The molecule has 0 spiro atoms. The summed E-state index contributed by atoms with van der Waals surface area (Å²) in [5, 5.41) is 19.3. The van der Waals surface area contributed by atoms with E-state index < -0.39 is 36.5 Å². The molecule has 9 nitrogen and oxygen atoms in total. The van der Waals surface area contributed by atoms with Gasteiger partial charge in [-0.25, -0.2) is 13.8 Å². The van der Waals surface area contributed by atoms with E-state index in [1.54, 1.807) is 6.92 Å². The van der Waals surface area contributed by atoms with Gasteiger partial charge in [-0.2, -0.15) is 17.5 Å². The van der Waals surface area contributed by atoms with Gasteiger partial charge in [0.15, 0.2) is 11.6 Å². The van der Waals surface area contributed by atoms with E-state index in [0.29, 0.717) is 23.5 Å². The van der Waals surface area contributed by atoms with Crippen molar-refractivity contribution in [3.63, 3.8) is 0 Å². The number of alkyl halides is 3. The summed E-state index contributed by atoms with van der Waals surface area (Å²) in [6.45, 7) is 1.14. The highest BCUT2D eigenvalue weighted by atomic mass is 32.1. The Morgan fingerprint density at radius 1 is 1.21 bits per heavy atom. The van der Waals surface area contributed by atoms with Crippen LogP contribution in [-0.4, -0.2) is 62.1 Å². The number of benzene rings is 1. The van der Waals surface area contributed by atoms with Gasteiger partial charge in [-0.15, -0.1) is 0 Å². The number of nitrogens with one attached hydrogen (secondary N) is 3. The van der Waals surface area contributed by atoms with Crippen LogP contribution in [-0.2, 0) is 0 Å². The van der Waals surface area contributed by atoms with E-state index in [2.05, 4.69) is 30.3 Å². The number of aliphatic hydroxyl groups is 1. The number of nitrogens with zero attached hydrogens (tertiary/aromatic N) is 4. The van der Waals surface area contributed by atoms with Crippen LogP contribution >= 0.6 is 11.5 Å². The lowest BCUT2D eigenvalue weighted by Crippen LogP contribution is -2.46. The van der Waals surface area contributed by atoms with E-state index in [4.69, 9.17) is 0 Å². The third kappa shape index (κ3) is 7.18. The van der Waals surface area contributed by atoms with Gasteiger partial charge in [0.05, 0.1) is 30.2 Å². The highest BCUT2D eigenvalue weighted by Gasteiger charge is 2.33. The molecule has 1 aromatic carbocycles. The van der Waals surface area contributed by atoms with Crippen LogP contribution in [0.2, 0.25) is 0 Å². The second-order valence-electron chi connectivity index (χ2n) is 8.74. The minimum absolute atomic E-state index is 0.0608. The van der Waals surface area contributed by atoms with Gasteiger partial charge in [-0.05, 0) is 56.5 Å². The predicted molar refractivity (Wildman–Crippen MR) is 130 cm³/mol. The second kappa shape index (κ2) is 11.6. The van der Waals surface area contributed by atoms with Crippen molar-refractivity contribution in [3.8, 4) is 0 Å². The molecule has 1 fully saturated rings. The van der Waals surface area contributed by atoms with Gasteiger partial charge in [0, 0.05) is 17.8 Å². The van der Waals surface area contributed by atoms with Gasteiger partial charge in [-0.1, -0.05) is 0 Å². The first-order valence-corrected chi connectivity index (χ1v) is 12.3. The summed E-state index contributed by atoms with van der Waals surface area (Å²) in [4.78, 5) is 22.6. The maximum absolute atomic E-state index is 13.5. The van der Waals surface area contributed by atoms with Crippen LogP contribution in [0.4, 0.5) is 38.5 Å². The quantitative estimate of drug-likeness (QED) is 0.242. The lowest BCUT2D eigenvalue weighted by atomic mass is 10.0. The van der Waals surface area contributed by atoms with Crippen LogP contribution in [0.1, 0.15) is 40.8 Å². The molecule has 1 aliphatic heterocycles. The summed E-state index contributed by atoms with van der Waals surface area (Å²) in [5.74, 6) is -2.55. The summed E-state index contributed by atoms with van der Waals surface area (Å²) >= 11 is 0.976. The van der Waals surface area contributed by atoms with E-state index in [1.807, 2.05) is 0 Å². The Kier molecular flexibility index (Phi) is 8.50. The number of carbonyl (C=O) groups excluding carboxylic acids is 1. The number of hydrogen-bond acceptors (Lipinski definition) is 9. The first kappa shape index (κ1) is 27.8. The first-order valence-electron chi connectivity index (χ1n) is 11.5. The number of aliphatic hydroxyl groups excluding tert-OH is 1. The van der Waals surface area contributed by atoms with E-state index in [1.165, 1.54) is 23.4 Å². The minimum Gasteiger partial charge on any atom is -0.373 e. The Bertz CT molecular complexity index is 1280. The topological polar surface area (TPSA) is 115 Å². The van der Waals surface area contributed by atoms with E-state index in [-0.39, 0.29) is 41.9 Å². The van der Waals surface area contributed by atoms with Crippen molar-refractivity contribution < 1.29 is 31.9 Å². The summed E-state index contributed by atoms with van der Waals surface area (Å²) in [7, 11) is 0. The SMILES string of the molecule is Cc1nsc(Nc2cncc(C(O)NC3CCN(CC(F)(F)F)CC3)n2)c1C(=O)Nc1ccc(F)c(F)c1. The molecule has 38 heavy (non-hydrogen) atoms. The van der Waals surface area contributed by atoms with Gasteiger partial charge < -0.3 is 15.7 Å². The van der Waals surface area contributed by atoms with Crippen molar-refractivity contribution in [3.05, 3.63) is 59.2 Å². The monoisotopic (exact) mass is 557 g/mol. The van der Waals surface area contributed by atoms with Gasteiger partial charge in [0.1, 0.15) is 22.7 Å². The van der Waals surface area contributed by atoms with Crippen molar-refractivity contribution >= 4 is 33.9 Å². The standard InChI is InChI=1S/C23H24F5N7O2S/c1-12-19(21(37)31-14-2-3-15(24)16(25)8-14)22(38-34-12)33-18-10-29-9-17(32-18)20(36)30-13-4-6-35(7-5-13)11-23(26,27)28/h2-3,8-10,13,20,30,36H,4-7,11H2,1H3,(H,31,37)(H,32,33). The number of likely N-dealkylation sites (tertiary alicyclic amines) is 1. The molecule has 15 heteroatoms. The minimum atomic E-state index is -4.25. The molecule has 1 atom stereocenters. The number of carbonyl (C=O) groups is 1. The van der Waals surface area contributed by atoms with Crippen molar-refractivity contribution in [2.75, 3.05) is 30.3 Å². The third-order valence-corrected chi connectivity index (χ3v) is 6.68. The maximum Gasteiger partial charge on any atom is 0.401 e. The van der Waals surface area contributed by atoms with Crippen LogP contribution in [0.3, 0.4) is 0 Å². The summed E-state index contributed by atoms with van der Waals surface area (Å²) in [6.07, 6.45) is -1.90. The molecule has 0 radical (unpaired) electrons. The van der Waals surface area contributed by atoms with Gasteiger partial charge in [0.25, 0.3) is 5.91 Å². The highest BCUT2D eigenvalue weighted by molar-refractivity contribution is 7.10. The average Bonchev–Trinajstić information content (AvgIpc) is 3.21. The molecule has 204 valence electrons. The molecule has 3 heterocycles. The Balaban J connectivity index is 1.39. The molecule has 3 aromatic rings. The molecular formula is C23H24F5N7O2S. The summed E-state index contributed by atoms with van der Waals surface area (Å²) < 4.78 is 68.6. The zero-order valence-corrected chi connectivity index (χ0v) is 20.8. The first-order chi connectivity index (χ1) is 18.0.